The average Bonchev–Trinajstić information content (AvgIpc) is 3.31. The molecule has 27 heavy (non-hydrogen) atoms. The van der Waals surface area contributed by atoms with Crippen LogP contribution in [0.15, 0.2) is 46.2 Å². The van der Waals surface area contributed by atoms with E-state index in [0.717, 1.165) is 17.5 Å². The van der Waals surface area contributed by atoms with Crippen LogP contribution in [0.4, 0.5) is 5.82 Å². The fourth-order valence-corrected chi connectivity index (χ4v) is 3.23. The van der Waals surface area contributed by atoms with Gasteiger partial charge in [0.05, 0.1) is 17.5 Å². The van der Waals surface area contributed by atoms with Crippen LogP contribution in [0.5, 0.6) is 0 Å². The number of thioether (sulfide) groups is 1. The fourth-order valence-electron chi connectivity index (χ4n) is 2.55. The van der Waals surface area contributed by atoms with Crippen LogP contribution in [-0.2, 0) is 4.79 Å². The largest absolute Gasteiger partial charge is 0.411 e. The maximum Gasteiger partial charge on any atom is 0.277 e. The van der Waals surface area contributed by atoms with Gasteiger partial charge in [-0.1, -0.05) is 36.9 Å². The van der Waals surface area contributed by atoms with Gasteiger partial charge in [-0.05, 0) is 38.8 Å². The minimum absolute atomic E-state index is 0.138. The Kier molecular flexibility index (Phi) is 5.95. The summed E-state index contributed by atoms with van der Waals surface area (Å²) in [6, 6.07) is 9.82. The molecule has 3 aromatic rings. The summed E-state index contributed by atoms with van der Waals surface area (Å²) in [5, 5.41) is 15.3. The summed E-state index contributed by atoms with van der Waals surface area (Å²) in [6.45, 7) is 7.94. The third kappa shape index (κ3) is 4.39. The van der Waals surface area contributed by atoms with Crippen molar-refractivity contribution in [3.05, 3.63) is 42.1 Å². The monoisotopic (exact) mass is 385 g/mol. The van der Waals surface area contributed by atoms with Gasteiger partial charge < -0.3 is 9.73 Å². The topological polar surface area (TPSA) is 85.8 Å². The van der Waals surface area contributed by atoms with Crippen molar-refractivity contribution in [2.75, 3.05) is 5.32 Å². The van der Waals surface area contributed by atoms with E-state index in [1.807, 2.05) is 42.8 Å². The smallest absolute Gasteiger partial charge is 0.277 e. The lowest BCUT2D eigenvalue weighted by atomic mass is 10.1. The summed E-state index contributed by atoms with van der Waals surface area (Å²) >= 11 is 1.23. The highest BCUT2D eigenvalue weighted by molar-refractivity contribution is 8.00. The first-order valence-corrected chi connectivity index (χ1v) is 9.78. The van der Waals surface area contributed by atoms with Crippen molar-refractivity contribution in [1.82, 2.24) is 20.0 Å². The standard InChI is InChI=1S/C19H23N5O2S/c1-5-13(3)24-16(10-11-20-24)21-17(25)14(4)27-19-23-22-18(26-19)15-9-7-6-8-12(15)2/h6-11,13-14H,5H2,1-4H3,(H,21,25)/t13-,14-/m0/s1. The number of hydrogen-bond donors (Lipinski definition) is 1. The lowest BCUT2D eigenvalue weighted by Crippen LogP contribution is -2.24. The number of nitrogens with zero attached hydrogens (tertiary/aromatic N) is 4. The van der Waals surface area contributed by atoms with Crippen molar-refractivity contribution >= 4 is 23.5 Å². The highest BCUT2D eigenvalue weighted by Gasteiger charge is 2.21. The molecule has 142 valence electrons. The predicted molar refractivity (Wildman–Crippen MR) is 106 cm³/mol. The van der Waals surface area contributed by atoms with Crippen molar-refractivity contribution in [2.45, 2.75) is 50.6 Å². The number of rotatable bonds is 7. The number of carbonyl (C=O) groups excluding carboxylic acids is 1. The summed E-state index contributed by atoms with van der Waals surface area (Å²) in [5.41, 5.74) is 1.95. The Morgan fingerprint density at radius 2 is 2.04 bits per heavy atom. The molecule has 0 aliphatic carbocycles. The van der Waals surface area contributed by atoms with Crippen LogP contribution in [0, 0.1) is 6.92 Å². The number of hydrogen-bond acceptors (Lipinski definition) is 6. The Morgan fingerprint density at radius 1 is 1.26 bits per heavy atom. The van der Waals surface area contributed by atoms with Gasteiger partial charge in [0, 0.05) is 11.6 Å². The third-order valence-electron chi connectivity index (χ3n) is 4.36. The number of nitrogens with one attached hydrogen (secondary N) is 1. The number of amides is 1. The summed E-state index contributed by atoms with van der Waals surface area (Å²) in [5.74, 6) is 1.01. The maximum atomic E-state index is 12.5. The number of benzene rings is 1. The molecule has 1 amide bonds. The zero-order chi connectivity index (χ0) is 19.4. The van der Waals surface area contributed by atoms with E-state index in [1.54, 1.807) is 12.3 Å². The quantitative estimate of drug-likeness (QED) is 0.609. The van der Waals surface area contributed by atoms with Crippen LogP contribution in [0.25, 0.3) is 11.5 Å². The molecule has 3 rings (SSSR count). The van der Waals surface area contributed by atoms with E-state index in [0.29, 0.717) is 16.9 Å². The highest BCUT2D eigenvalue weighted by Crippen LogP contribution is 2.28. The van der Waals surface area contributed by atoms with Gasteiger partial charge in [0.25, 0.3) is 5.22 Å². The average molecular weight is 385 g/mol. The molecule has 0 saturated carbocycles. The minimum Gasteiger partial charge on any atom is -0.411 e. The molecule has 8 heteroatoms. The van der Waals surface area contributed by atoms with Crippen LogP contribution >= 0.6 is 11.8 Å². The van der Waals surface area contributed by atoms with Crippen molar-refractivity contribution in [2.24, 2.45) is 0 Å². The van der Waals surface area contributed by atoms with E-state index in [2.05, 4.69) is 34.5 Å². The van der Waals surface area contributed by atoms with E-state index in [4.69, 9.17) is 4.42 Å². The Labute approximate surface area is 162 Å². The van der Waals surface area contributed by atoms with Crippen LogP contribution in [0.2, 0.25) is 0 Å². The Bertz CT molecular complexity index is 920. The fraction of sp³-hybridized carbons (Fsp3) is 0.368. The molecule has 0 spiro atoms. The summed E-state index contributed by atoms with van der Waals surface area (Å²) < 4.78 is 7.55. The van der Waals surface area contributed by atoms with E-state index < -0.39 is 5.25 Å². The van der Waals surface area contributed by atoms with Crippen LogP contribution in [0.1, 0.15) is 38.8 Å². The van der Waals surface area contributed by atoms with Gasteiger partial charge in [-0.15, -0.1) is 10.2 Å². The zero-order valence-corrected chi connectivity index (χ0v) is 16.7. The maximum absolute atomic E-state index is 12.5. The molecule has 0 bridgehead atoms. The summed E-state index contributed by atoms with van der Waals surface area (Å²) in [6.07, 6.45) is 2.62. The van der Waals surface area contributed by atoms with Gasteiger partial charge in [-0.2, -0.15) is 5.10 Å². The molecule has 2 heterocycles. The van der Waals surface area contributed by atoms with E-state index in [9.17, 15) is 4.79 Å². The number of aromatic nitrogens is 4. The second kappa shape index (κ2) is 8.39. The van der Waals surface area contributed by atoms with Crippen molar-refractivity contribution < 1.29 is 9.21 Å². The summed E-state index contributed by atoms with van der Waals surface area (Å²) in [4.78, 5) is 12.5. The zero-order valence-electron chi connectivity index (χ0n) is 15.8. The molecule has 2 atom stereocenters. The van der Waals surface area contributed by atoms with Gasteiger partial charge in [-0.25, -0.2) is 4.68 Å². The first-order chi connectivity index (χ1) is 13.0. The van der Waals surface area contributed by atoms with Gasteiger partial charge in [0.15, 0.2) is 0 Å². The van der Waals surface area contributed by atoms with Crippen molar-refractivity contribution in [1.29, 1.82) is 0 Å². The van der Waals surface area contributed by atoms with Crippen LogP contribution < -0.4 is 5.32 Å². The molecule has 0 saturated heterocycles. The second-order valence-electron chi connectivity index (χ2n) is 6.36. The highest BCUT2D eigenvalue weighted by atomic mass is 32.2. The Hall–Kier alpha value is -2.61. The molecular weight excluding hydrogens is 362 g/mol. The minimum atomic E-state index is -0.393. The lowest BCUT2D eigenvalue weighted by molar-refractivity contribution is -0.115. The molecule has 7 nitrogen and oxygen atoms in total. The molecule has 0 radical (unpaired) electrons. The van der Waals surface area contributed by atoms with E-state index in [1.165, 1.54) is 11.8 Å². The van der Waals surface area contributed by atoms with Gasteiger partial charge in [-0.3, -0.25) is 4.79 Å². The van der Waals surface area contributed by atoms with Crippen LogP contribution in [0.3, 0.4) is 0 Å². The SMILES string of the molecule is CC[C@H](C)n1nccc1NC(=O)[C@H](C)Sc1nnc(-c2ccccc2C)o1. The number of anilines is 1. The molecular formula is C19H23N5O2S. The molecule has 0 fully saturated rings. The second-order valence-corrected chi connectivity index (χ2v) is 7.65. The number of aryl methyl sites for hydroxylation is 1. The van der Waals surface area contributed by atoms with Crippen molar-refractivity contribution in [3.63, 3.8) is 0 Å². The summed E-state index contributed by atoms with van der Waals surface area (Å²) in [7, 11) is 0. The molecule has 0 unspecified atom stereocenters. The van der Waals surface area contributed by atoms with E-state index in [-0.39, 0.29) is 11.9 Å². The Balaban J connectivity index is 1.66. The molecule has 2 aromatic heterocycles. The predicted octanol–water partition coefficient (Wildman–Crippen LogP) is 4.33. The molecule has 0 aliphatic heterocycles. The van der Waals surface area contributed by atoms with Gasteiger partial charge in [0.1, 0.15) is 5.82 Å². The first-order valence-electron chi connectivity index (χ1n) is 8.90. The van der Waals surface area contributed by atoms with Crippen LogP contribution in [-0.4, -0.2) is 31.1 Å². The molecule has 1 aromatic carbocycles. The first kappa shape index (κ1) is 19.2. The molecule has 0 aliphatic rings. The Morgan fingerprint density at radius 3 is 2.78 bits per heavy atom. The van der Waals surface area contributed by atoms with Gasteiger partial charge >= 0.3 is 0 Å². The third-order valence-corrected chi connectivity index (χ3v) is 5.29. The lowest BCUT2D eigenvalue weighted by Gasteiger charge is -2.15. The number of carbonyl (C=O) groups is 1. The van der Waals surface area contributed by atoms with E-state index >= 15 is 0 Å². The molecule has 1 N–H and O–H groups in total. The van der Waals surface area contributed by atoms with Crippen molar-refractivity contribution in [3.8, 4) is 11.5 Å². The van der Waals surface area contributed by atoms with Gasteiger partial charge in [0.2, 0.25) is 11.8 Å². The normalized spacial score (nSPS) is 13.3.